The number of aromatic nitrogens is 2. The maximum absolute atomic E-state index is 3.78. The molecule has 3 fully saturated rings. The van der Waals surface area contributed by atoms with E-state index in [1.165, 1.54) is 64.7 Å². The Labute approximate surface area is 219 Å². The first-order valence-electron chi connectivity index (χ1n) is 14.1. The van der Waals surface area contributed by atoms with Crippen molar-refractivity contribution in [2.24, 2.45) is 24.3 Å². The van der Waals surface area contributed by atoms with Crippen LogP contribution in [0.4, 0.5) is 0 Å². The van der Waals surface area contributed by atoms with Crippen molar-refractivity contribution in [1.82, 2.24) is 24.3 Å². The number of aryl methyl sites for hydroxylation is 1. The van der Waals surface area contributed by atoms with Crippen LogP contribution in [0.5, 0.6) is 0 Å². The fourth-order valence-electron chi connectivity index (χ4n) is 5.63. The SMILES string of the molecule is CC1CC(C)CN(C)C1.CN1C(C)(C)CCCC1(C)C.CN1CCC(C)(C)CC1.Cn1ccnc1. The van der Waals surface area contributed by atoms with Crippen molar-refractivity contribution < 1.29 is 0 Å². The molecule has 3 aliphatic rings. The van der Waals surface area contributed by atoms with Gasteiger partial charge < -0.3 is 14.4 Å². The van der Waals surface area contributed by atoms with E-state index in [0.717, 1.165) is 11.8 Å². The lowest BCUT2D eigenvalue weighted by Crippen LogP contribution is -2.56. The van der Waals surface area contributed by atoms with Gasteiger partial charge in [0.15, 0.2) is 0 Å². The van der Waals surface area contributed by atoms with E-state index in [-0.39, 0.29) is 0 Å². The molecule has 4 heterocycles. The zero-order valence-corrected chi connectivity index (χ0v) is 25.7. The normalized spacial score (nSPS) is 28.3. The van der Waals surface area contributed by atoms with Gasteiger partial charge in [0.1, 0.15) is 0 Å². The molecular weight excluding hydrogens is 430 g/mol. The lowest BCUT2D eigenvalue weighted by Gasteiger charge is -2.50. The van der Waals surface area contributed by atoms with Gasteiger partial charge >= 0.3 is 0 Å². The Hall–Kier alpha value is -0.910. The number of hydrogen-bond acceptors (Lipinski definition) is 4. The molecule has 1 aromatic heterocycles. The van der Waals surface area contributed by atoms with Crippen LogP contribution in [-0.2, 0) is 7.05 Å². The van der Waals surface area contributed by atoms with Crippen LogP contribution in [0.2, 0.25) is 0 Å². The summed E-state index contributed by atoms with van der Waals surface area (Å²) in [7, 11) is 8.60. The number of rotatable bonds is 0. The minimum Gasteiger partial charge on any atom is -0.341 e. The van der Waals surface area contributed by atoms with E-state index in [1.807, 2.05) is 17.8 Å². The molecule has 3 saturated heterocycles. The van der Waals surface area contributed by atoms with E-state index in [4.69, 9.17) is 0 Å². The van der Waals surface area contributed by atoms with Crippen molar-refractivity contribution in [3.8, 4) is 0 Å². The van der Waals surface area contributed by atoms with Crippen molar-refractivity contribution in [1.29, 1.82) is 0 Å². The molecule has 4 rings (SSSR count). The molecule has 2 atom stereocenters. The third-order valence-electron chi connectivity index (χ3n) is 8.42. The average molecular weight is 492 g/mol. The Kier molecular flexibility index (Phi) is 13.0. The van der Waals surface area contributed by atoms with Gasteiger partial charge in [-0.25, -0.2) is 4.98 Å². The predicted octanol–water partition coefficient (Wildman–Crippen LogP) is 6.41. The zero-order valence-electron chi connectivity index (χ0n) is 25.7. The molecule has 0 aromatic carbocycles. The quantitative estimate of drug-likeness (QED) is 0.419. The molecule has 1 aromatic rings. The molecular formula is C30H61N5. The summed E-state index contributed by atoms with van der Waals surface area (Å²) in [6, 6.07) is 0. The lowest BCUT2D eigenvalue weighted by atomic mass is 9.80. The summed E-state index contributed by atoms with van der Waals surface area (Å²) in [5.41, 5.74) is 1.43. The molecule has 0 spiro atoms. The number of imidazole rings is 1. The third-order valence-corrected chi connectivity index (χ3v) is 8.42. The van der Waals surface area contributed by atoms with Gasteiger partial charge in [-0.1, -0.05) is 27.7 Å². The summed E-state index contributed by atoms with van der Waals surface area (Å²) in [4.78, 5) is 11.1. The van der Waals surface area contributed by atoms with Gasteiger partial charge in [0, 0.05) is 43.6 Å². The fourth-order valence-corrected chi connectivity index (χ4v) is 5.63. The first-order valence-corrected chi connectivity index (χ1v) is 14.1. The summed E-state index contributed by atoms with van der Waals surface area (Å²) < 4.78 is 1.89. The summed E-state index contributed by atoms with van der Waals surface area (Å²) in [6.45, 7) is 23.9. The monoisotopic (exact) mass is 491 g/mol. The smallest absolute Gasteiger partial charge is 0.0943 e. The van der Waals surface area contributed by atoms with Crippen molar-refractivity contribution in [2.45, 2.75) is 105 Å². The van der Waals surface area contributed by atoms with Crippen LogP contribution in [0.15, 0.2) is 18.7 Å². The molecule has 0 saturated carbocycles. The predicted molar refractivity (Wildman–Crippen MR) is 154 cm³/mol. The van der Waals surface area contributed by atoms with Gasteiger partial charge in [0.05, 0.1) is 6.33 Å². The molecule has 2 unspecified atom stereocenters. The van der Waals surface area contributed by atoms with E-state index in [9.17, 15) is 0 Å². The van der Waals surface area contributed by atoms with Crippen molar-refractivity contribution in [3.05, 3.63) is 18.7 Å². The highest BCUT2D eigenvalue weighted by Gasteiger charge is 2.38. The average Bonchev–Trinajstić information content (AvgIpc) is 3.20. The van der Waals surface area contributed by atoms with Gasteiger partial charge in [-0.2, -0.15) is 0 Å². The van der Waals surface area contributed by atoms with Gasteiger partial charge in [0.25, 0.3) is 0 Å². The van der Waals surface area contributed by atoms with Crippen molar-refractivity contribution in [3.63, 3.8) is 0 Å². The van der Waals surface area contributed by atoms with E-state index >= 15 is 0 Å². The van der Waals surface area contributed by atoms with Gasteiger partial charge in [-0.3, -0.25) is 4.90 Å². The molecule has 0 N–H and O–H groups in total. The minimum absolute atomic E-state index is 0.405. The zero-order chi connectivity index (χ0) is 26.9. The van der Waals surface area contributed by atoms with Gasteiger partial charge in [-0.05, 0) is 118 Å². The van der Waals surface area contributed by atoms with Crippen LogP contribution in [0.3, 0.4) is 0 Å². The Balaban J connectivity index is 0.000000238. The highest BCUT2D eigenvalue weighted by atomic mass is 15.2. The molecule has 5 nitrogen and oxygen atoms in total. The maximum atomic E-state index is 3.78. The second kappa shape index (κ2) is 14.1. The summed E-state index contributed by atoms with van der Waals surface area (Å²) in [6.07, 6.45) is 13.6. The highest BCUT2D eigenvalue weighted by Crippen LogP contribution is 2.36. The van der Waals surface area contributed by atoms with E-state index in [1.54, 1.807) is 12.5 Å². The van der Waals surface area contributed by atoms with Crippen LogP contribution >= 0.6 is 0 Å². The first-order chi connectivity index (χ1) is 16.0. The molecule has 0 radical (unpaired) electrons. The lowest BCUT2D eigenvalue weighted by molar-refractivity contribution is -0.00199. The molecule has 5 heteroatoms. The Bertz CT molecular complexity index is 628. The Morgan fingerprint density at radius 1 is 0.714 bits per heavy atom. The number of piperidine rings is 3. The number of likely N-dealkylation sites (tertiary alicyclic amines) is 3. The Morgan fingerprint density at radius 2 is 1.20 bits per heavy atom. The number of hydrogen-bond donors (Lipinski definition) is 0. The van der Waals surface area contributed by atoms with Gasteiger partial charge in [0.2, 0.25) is 0 Å². The van der Waals surface area contributed by atoms with Crippen LogP contribution in [-0.4, -0.2) is 82.7 Å². The topological polar surface area (TPSA) is 27.5 Å². The molecule has 206 valence electrons. The van der Waals surface area contributed by atoms with E-state index in [2.05, 4.69) is 96.2 Å². The maximum Gasteiger partial charge on any atom is 0.0943 e. The molecule has 0 amide bonds. The van der Waals surface area contributed by atoms with Crippen LogP contribution < -0.4 is 0 Å². The fraction of sp³-hybridized carbons (Fsp3) is 0.900. The van der Waals surface area contributed by atoms with Crippen LogP contribution in [0.1, 0.15) is 93.9 Å². The first kappa shape index (κ1) is 32.1. The largest absolute Gasteiger partial charge is 0.341 e. The van der Waals surface area contributed by atoms with E-state index in [0.29, 0.717) is 16.5 Å². The highest BCUT2D eigenvalue weighted by molar-refractivity contribution is 4.94. The molecule has 0 bridgehead atoms. The van der Waals surface area contributed by atoms with E-state index < -0.39 is 0 Å². The summed E-state index contributed by atoms with van der Waals surface area (Å²) in [5, 5.41) is 0. The second-order valence-electron chi connectivity index (χ2n) is 13.9. The van der Waals surface area contributed by atoms with Crippen molar-refractivity contribution >= 4 is 0 Å². The van der Waals surface area contributed by atoms with Crippen LogP contribution in [0.25, 0.3) is 0 Å². The standard InChI is InChI=1S/C10H21N.2C8H17N.C4H6N2/c1-9(2)7-6-8-10(3,4)11(9)5;1-7-4-8(2)6-9(3)5-7;1-8(2)4-6-9(3)7-5-8;1-6-3-2-5-4-6/h6-8H2,1-5H3;7-8H,4-6H2,1-3H3;4-7H2,1-3H3;2-4H,1H3. The molecule has 35 heavy (non-hydrogen) atoms. The number of nitrogens with zero attached hydrogens (tertiary/aromatic N) is 5. The van der Waals surface area contributed by atoms with Crippen molar-refractivity contribution in [2.75, 3.05) is 47.3 Å². The second-order valence-corrected chi connectivity index (χ2v) is 13.9. The third kappa shape index (κ3) is 12.7. The molecule has 3 aliphatic heterocycles. The summed E-state index contributed by atoms with van der Waals surface area (Å²) in [5.74, 6) is 1.83. The Morgan fingerprint density at radius 3 is 1.49 bits per heavy atom. The summed E-state index contributed by atoms with van der Waals surface area (Å²) >= 11 is 0. The minimum atomic E-state index is 0.405. The molecule has 0 aliphatic carbocycles. The van der Waals surface area contributed by atoms with Crippen LogP contribution in [0, 0.1) is 17.3 Å². The van der Waals surface area contributed by atoms with Gasteiger partial charge in [-0.15, -0.1) is 0 Å².